The molecule has 1 fully saturated rings. The van der Waals surface area contributed by atoms with Gasteiger partial charge >= 0.3 is 0 Å². The Morgan fingerprint density at radius 1 is 1.35 bits per heavy atom. The molecule has 3 heteroatoms. The fourth-order valence-corrected chi connectivity index (χ4v) is 3.33. The van der Waals surface area contributed by atoms with Crippen molar-refractivity contribution in [3.05, 3.63) is 34.3 Å². The molecule has 0 aliphatic heterocycles. The second-order valence-electron chi connectivity index (χ2n) is 6.39. The van der Waals surface area contributed by atoms with E-state index in [1.165, 1.54) is 18.4 Å². The quantitative estimate of drug-likeness (QED) is 0.800. The largest absolute Gasteiger partial charge is 0.326 e. The summed E-state index contributed by atoms with van der Waals surface area (Å²) in [5.74, 6) is 0.675. The molecule has 1 aromatic carbocycles. The van der Waals surface area contributed by atoms with Crippen molar-refractivity contribution in [2.24, 2.45) is 11.7 Å². The Balaban J connectivity index is 2.29. The lowest BCUT2D eigenvalue weighted by molar-refractivity contribution is 0.141. The first kappa shape index (κ1) is 16.0. The molecule has 2 rings (SSSR count). The van der Waals surface area contributed by atoms with Crippen molar-refractivity contribution in [1.82, 2.24) is 4.90 Å². The number of hydrogen-bond acceptors (Lipinski definition) is 2. The number of nitrogens with zero attached hydrogens (tertiary/aromatic N) is 1. The van der Waals surface area contributed by atoms with Gasteiger partial charge in [-0.1, -0.05) is 48.8 Å². The van der Waals surface area contributed by atoms with Crippen LogP contribution in [0.2, 0.25) is 0 Å². The van der Waals surface area contributed by atoms with Crippen molar-refractivity contribution in [3.8, 4) is 0 Å². The summed E-state index contributed by atoms with van der Waals surface area (Å²) in [7, 11) is 0. The smallest absolute Gasteiger partial charge is 0.0502 e. The Morgan fingerprint density at radius 2 is 2.05 bits per heavy atom. The summed E-state index contributed by atoms with van der Waals surface area (Å²) >= 11 is 3.59. The summed E-state index contributed by atoms with van der Waals surface area (Å²) in [5, 5.41) is 0. The summed E-state index contributed by atoms with van der Waals surface area (Å²) in [5.41, 5.74) is 7.83. The summed E-state index contributed by atoms with van der Waals surface area (Å²) in [6.45, 7) is 7.92. The predicted octanol–water partition coefficient (Wildman–Crippen LogP) is 4.35. The zero-order valence-electron chi connectivity index (χ0n) is 12.8. The van der Waals surface area contributed by atoms with Crippen LogP contribution in [-0.4, -0.2) is 23.5 Å². The van der Waals surface area contributed by atoms with Crippen molar-refractivity contribution in [2.75, 3.05) is 6.54 Å². The fraction of sp³-hybridized carbons (Fsp3) is 0.647. The summed E-state index contributed by atoms with van der Waals surface area (Å²) < 4.78 is 1.14. The molecule has 1 aliphatic rings. The van der Waals surface area contributed by atoms with E-state index in [4.69, 9.17) is 5.73 Å². The maximum atomic E-state index is 6.48. The van der Waals surface area contributed by atoms with Gasteiger partial charge in [-0.05, 0) is 42.9 Å². The number of hydrogen-bond donors (Lipinski definition) is 1. The average molecular weight is 339 g/mol. The molecule has 2 N–H and O–H groups in total. The molecule has 112 valence electrons. The average Bonchev–Trinajstić information content (AvgIpc) is 3.21. The molecule has 0 spiro atoms. The summed E-state index contributed by atoms with van der Waals surface area (Å²) in [6.07, 6.45) is 3.67. The van der Waals surface area contributed by atoms with Gasteiger partial charge in [0.05, 0.1) is 6.04 Å². The van der Waals surface area contributed by atoms with Crippen molar-refractivity contribution in [2.45, 2.75) is 58.2 Å². The molecule has 0 aromatic heterocycles. The highest BCUT2D eigenvalue weighted by Gasteiger charge is 2.37. The van der Waals surface area contributed by atoms with Crippen molar-refractivity contribution >= 4 is 15.9 Å². The molecule has 0 saturated heterocycles. The fourth-order valence-electron chi connectivity index (χ4n) is 2.92. The van der Waals surface area contributed by atoms with Crippen molar-refractivity contribution in [3.63, 3.8) is 0 Å². The van der Waals surface area contributed by atoms with E-state index >= 15 is 0 Å². The lowest BCUT2D eigenvalue weighted by Crippen LogP contribution is -2.43. The zero-order chi connectivity index (χ0) is 14.7. The van der Waals surface area contributed by atoms with Crippen molar-refractivity contribution < 1.29 is 0 Å². The number of benzene rings is 1. The normalized spacial score (nSPS) is 18.6. The first-order valence-corrected chi connectivity index (χ1v) is 8.59. The Hall–Kier alpha value is -0.380. The molecule has 2 nitrogen and oxygen atoms in total. The topological polar surface area (TPSA) is 29.3 Å². The van der Waals surface area contributed by atoms with E-state index in [0.717, 1.165) is 23.5 Å². The van der Waals surface area contributed by atoms with Crippen LogP contribution in [-0.2, 0) is 0 Å². The Kier molecular flexibility index (Phi) is 5.65. The van der Waals surface area contributed by atoms with Crippen LogP contribution in [0.25, 0.3) is 0 Å². The van der Waals surface area contributed by atoms with Crippen LogP contribution in [0.5, 0.6) is 0 Å². The maximum absolute atomic E-state index is 6.48. The molecule has 0 amide bonds. The SMILES string of the molecule is CCC(N)C(c1cccc(Br)c1)N(CC(C)C)C1CC1. The van der Waals surface area contributed by atoms with Gasteiger partial charge in [0.15, 0.2) is 0 Å². The van der Waals surface area contributed by atoms with Gasteiger partial charge in [-0.3, -0.25) is 4.90 Å². The molecular formula is C17H27BrN2. The van der Waals surface area contributed by atoms with Crippen LogP contribution in [0.3, 0.4) is 0 Å². The van der Waals surface area contributed by atoms with Gasteiger partial charge in [0.25, 0.3) is 0 Å². The molecule has 1 aliphatic carbocycles. The van der Waals surface area contributed by atoms with Crippen LogP contribution < -0.4 is 5.73 Å². The Bertz CT molecular complexity index is 429. The number of rotatable bonds is 7. The minimum atomic E-state index is 0.198. The molecule has 1 saturated carbocycles. The van der Waals surface area contributed by atoms with Gasteiger partial charge in [-0.15, -0.1) is 0 Å². The van der Waals surface area contributed by atoms with Crippen LogP contribution in [0.1, 0.15) is 51.6 Å². The van der Waals surface area contributed by atoms with Crippen molar-refractivity contribution in [1.29, 1.82) is 0 Å². The summed E-state index contributed by atoms with van der Waals surface area (Å²) in [6, 6.07) is 9.93. The highest BCUT2D eigenvalue weighted by molar-refractivity contribution is 9.10. The third-order valence-corrected chi connectivity index (χ3v) is 4.51. The lowest BCUT2D eigenvalue weighted by Gasteiger charge is -2.37. The highest BCUT2D eigenvalue weighted by Crippen LogP contribution is 2.37. The minimum Gasteiger partial charge on any atom is -0.326 e. The molecule has 2 unspecified atom stereocenters. The van der Waals surface area contributed by atoms with Crippen LogP contribution in [0.4, 0.5) is 0 Å². The standard InChI is InChI=1S/C17H27BrN2/c1-4-16(19)17(13-6-5-7-14(18)10-13)20(11-12(2)3)15-8-9-15/h5-7,10,12,15-17H,4,8-9,11,19H2,1-3H3. The van der Waals surface area contributed by atoms with E-state index in [1.54, 1.807) is 0 Å². The van der Waals surface area contributed by atoms with E-state index in [0.29, 0.717) is 12.0 Å². The maximum Gasteiger partial charge on any atom is 0.0502 e. The van der Waals surface area contributed by atoms with Crippen LogP contribution >= 0.6 is 15.9 Å². The van der Waals surface area contributed by atoms with E-state index in [-0.39, 0.29) is 6.04 Å². The Morgan fingerprint density at radius 3 is 2.55 bits per heavy atom. The lowest BCUT2D eigenvalue weighted by atomic mass is 9.95. The predicted molar refractivity (Wildman–Crippen MR) is 89.7 cm³/mol. The van der Waals surface area contributed by atoms with Gasteiger partial charge < -0.3 is 5.73 Å². The van der Waals surface area contributed by atoms with Gasteiger partial charge in [0, 0.05) is 23.1 Å². The molecule has 0 radical (unpaired) electrons. The van der Waals surface area contributed by atoms with Gasteiger partial charge in [-0.2, -0.15) is 0 Å². The molecule has 20 heavy (non-hydrogen) atoms. The monoisotopic (exact) mass is 338 g/mol. The molecule has 0 bridgehead atoms. The number of nitrogens with two attached hydrogens (primary N) is 1. The molecular weight excluding hydrogens is 312 g/mol. The van der Waals surface area contributed by atoms with E-state index in [2.05, 4.69) is 65.9 Å². The zero-order valence-corrected chi connectivity index (χ0v) is 14.4. The summed E-state index contributed by atoms with van der Waals surface area (Å²) in [4.78, 5) is 2.65. The molecule has 2 atom stereocenters. The highest BCUT2D eigenvalue weighted by atomic mass is 79.9. The van der Waals surface area contributed by atoms with Crippen LogP contribution in [0, 0.1) is 5.92 Å². The first-order valence-electron chi connectivity index (χ1n) is 7.79. The van der Waals surface area contributed by atoms with E-state index in [9.17, 15) is 0 Å². The van der Waals surface area contributed by atoms with Crippen LogP contribution in [0.15, 0.2) is 28.7 Å². The van der Waals surface area contributed by atoms with Gasteiger partial charge in [0.1, 0.15) is 0 Å². The molecule has 0 heterocycles. The molecule has 1 aromatic rings. The first-order chi connectivity index (χ1) is 9.52. The number of halogens is 1. The van der Waals surface area contributed by atoms with Gasteiger partial charge in [0.2, 0.25) is 0 Å². The Labute approximate surface area is 131 Å². The van der Waals surface area contributed by atoms with E-state index in [1.807, 2.05) is 0 Å². The van der Waals surface area contributed by atoms with E-state index < -0.39 is 0 Å². The second-order valence-corrected chi connectivity index (χ2v) is 7.31. The third kappa shape index (κ3) is 4.06. The third-order valence-electron chi connectivity index (χ3n) is 4.02. The minimum absolute atomic E-state index is 0.198. The van der Waals surface area contributed by atoms with Gasteiger partial charge in [-0.25, -0.2) is 0 Å². The second kappa shape index (κ2) is 7.06.